The van der Waals surface area contributed by atoms with Crippen LogP contribution in [0.4, 0.5) is 5.69 Å². The Morgan fingerprint density at radius 1 is 1.14 bits per heavy atom. The van der Waals surface area contributed by atoms with Gasteiger partial charge in [-0.05, 0) is 52.7 Å². The van der Waals surface area contributed by atoms with E-state index in [1.807, 2.05) is 36.4 Å². The summed E-state index contributed by atoms with van der Waals surface area (Å²) < 4.78 is 17.0. The molecule has 2 aromatic rings. The molecular weight excluding hydrogens is 334 g/mol. The number of hydrogen-bond acceptors (Lipinski definition) is 4. The van der Waals surface area contributed by atoms with E-state index in [4.69, 9.17) is 14.2 Å². The molecule has 1 N–H and O–H groups in total. The Morgan fingerprint density at radius 2 is 1.95 bits per heavy atom. The second-order valence-electron chi connectivity index (χ2n) is 4.83. The second kappa shape index (κ2) is 5.85. The molecule has 1 heterocycles. The summed E-state index contributed by atoms with van der Waals surface area (Å²) in [6.07, 6.45) is 0. The van der Waals surface area contributed by atoms with Crippen molar-refractivity contribution in [3.05, 3.63) is 46.4 Å². The fraction of sp³-hybridized carbons (Fsp3) is 0.250. The van der Waals surface area contributed by atoms with Crippen LogP contribution in [0.1, 0.15) is 18.5 Å². The minimum absolute atomic E-state index is 0.144. The molecule has 0 aliphatic carbocycles. The van der Waals surface area contributed by atoms with Crippen LogP contribution in [0.2, 0.25) is 0 Å². The summed E-state index contributed by atoms with van der Waals surface area (Å²) in [5, 5.41) is 3.45. The minimum atomic E-state index is 0.144. The highest BCUT2D eigenvalue weighted by Crippen LogP contribution is 2.35. The molecule has 0 spiro atoms. The number of fused-ring (bicyclic) bond motifs is 1. The van der Waals surface area contributed by atoms with Crippen LogP contribution in [0.5, 0.6) is 17.2 Å². The lowest BCUT2D eigenvalue weighted by molar-refractivity contribution is 0.174. The SMILES string of the molecule is COc1cc(NC(C)c2ccc3c(c2)OCO3)ccc1Br. The van der Waals surface area contributed by atoms with E-state index in [0.717, 1.165) is 33.0 Å². The van der Waals surface area contributed by atoms with Gasteiger partial charge in [-0.25, -0.2) is 0 Å². The summed E-state index contributed by atoms with van der Waals surface area (Å²) in [5.74, 6) is 2.41. The number of ether oxygens (including phenoxy) is 3. The van der Waals surface area contributed by atoms with Gasteiger partial charge in [0.2, 0.25) is 6.79 Å². The molecule has 0 aromatic heterocycles. The summed E-state index contributed by atoms with van der Waals surface area (Å²) in [7, 11) is 1.66. The highest BCUT2D eigenvalue weighted by atomic mass is 79.9. The van der Waals surface area contributed by atoms with E-state index in [2.05, 4.69) is 28.2 Å². The first-order valence-electron chi connectivity index (χ1n) is 6.67. The van der Waals surface area contributed by atoms with Crippen molar-refractivity contribution in [2.45, 2.75) is 13.0 Å². The maximum absolute atomic E-state index is 5.42. The zero-order valence-corrected chi connectivity index (χ0v) is 13.4. The van der Waals surface area contributed by atoms with E-state index < -0.39 is 0 Å². The zero-order valence-electron chi connectivity index (χ0n) is 11.9. The van der Waals surface area contributed by atoms with Crippen molar-refractivity contribution in [2.75, 3.05) is 19.2 Å². The topological polar surface area (TPSA) is 39.7 Å². The molecule has 0 bridgehead atoms. The Bertz CT molecular complexity index is 660. The van der Waals surface area contributed by atoms with Gasteiger partial charge >= 0.3 is 0 Å². The lowest BCUT2D eigenvalue weighted by Gasteiger charge is -2.17. The quantitative estimate of drug-likeness (QED) is 0.890. The Labute approximate surface area is 132 Å². The zero-order chi connectivity index (χ0) is 14.8. The van der Waals surface area contributed by atoms with Gasteiger partial charge in [-0.2, -0.15) is 0 Å². The van der Waals surface area contributed by atoms with Crippen LogP contribution in [-0.4, -0.2) is 13.9 Å². The first-order chi connectivity index (χ1) is 10.2. The number of methoxy groups -OCH3 is 1. The van der Waals surface area contributed by atoms with Gasteiger partial charge in [0.1, 0.15) is 5.75 Å². The van der Waals surface area contributed by atoms with Crippen molar-refractivity contribution in [3.63, 3.8) is 0 Å². The average molecular weight is 350 g/mol. The van der Waals surface area contributed by atoms with Crippen LogP contribution in [0, 0.1) is 0 Å². The first-order valence-corrected chi connectivity index (χ1v) is 7.46. The maximum atomic E-state index is 5.42. The monoisotopic (exact) mass is 349 g/mol. The Balaban J connectivity index is 1.78. The average Bonchev–Trinajstić information content (AvgIpc) is 2.96. The smallest absolute Gasteiger partial charge is 0.231 e. The summed E-state index contributed by atoms with van der Waals surface area (Å²) in [6.45, 7) is 2.40. The van der Waals surface area contributed by atoms with Crippen molar-refractivity contribution < 1.29 is 14.2 Å². The van der Waals surface area contributed by atoms with Crippen LogP contribution in [0.15, 0.2) is 40.9 Å². The molecule has 21 heavy (non-hydrogen) atoms. The van der Waals surface area contributed by atoms with Gasteiger partial charge in [-0.1, -0.05) is 6.07 Å². The highest BCUT2D eigenvalue weighted by molar-refractivity contribution is 9.10. The molecule has 1 aliphatic rings. The minimum Gasteiger partial charge on any atom is -0.495 e. The molecule has 0 radical (unpaired) electrons. The summed E-state index contributed by atoms with van der Waals surface area (Å²) in [5.41, 5.74) is 2.14. The van der Waals surface area contributed by atoms with E-state index in [9.17, 15) is 0 Å². The Morgan fingerprint density at radius 3 is 2.76 bits per heavy atom. The molecule has 1 unspecified atom stereocenters. The standard InChI is InChI=1S/C16H16BrNO3/c1-10(11-3-6-14-16(7-11)21-9-20-14)18-12-4-5-13(17)15(8-12)19-2/h3-8,10,18H,9H2,1-2H3. The van der Waals surface area contributed by atoms with Gasteiger partial charge in [0, 0.05) is 17.8 Å². The van der Waals surface area contributed by atoms with Gasteiger partial charge in [0.25, 0.3) is 0 Å². The fourth-order valence-electron chi connectivity index (χ4n) is 2.27. The third-order valence-electron chi connectivity index (χ3n) is 3.43. The molecular formula is C16H16BrNO3. The Hall–Kier alpha value is -1.88. The normalized spacial score (nSPS) is 13.9. The molecule has 2 aromatic carbocycles. The predicted molar refractivity (Wildman–Crippen MR) is 85.3 cm³/mol. The van der Waals surface area contributed by atoms with Crippen molar-refractivity contribution in [1.82, 2.24) is 0 Å². The Kier molecular flexibility index (Phi) is 3.92. The summed E-state index contributed by atoms with van der Waals surface area (Å²) in [4.78, 5) is 0. The number of halogens is 1. The van der Waals surface area contributed by atoms with E-state index in [0.29, 0.717) is 6.79 Å². The third-order valence-corrected chi connectivity index (χ3v) is 4.09. The molecule has 0 fully saturated rings. The lowest BCUT2D eigenvalue weighted by Crippen LogP contribution is -2.06. The van der Waals surface area contributed by atoms with E-state index in [1.54, 1.807) is 7.11 Å². The molecule has 5 heteroatoms. The number of hydrogen-bond donors (Lipinski definition) is 1. The van der Waals surface area contributed by atoms with Crippen molar-refractivity contribution >= 4 is 21.6 Å². The van der Waals surface area contributed by atoms with E-state index in [1.165, 1.54) is 0 Å². The van der Waals surface area contributed by atoms with Crippen molar-refractivity contribution in [1.29, 1.82) is 0 Å². The molecule has 0 saturated heterocycles. The van der Waals surface area contributed by atoms with E-state index in [-0.39, 0.29) is 6.04 Å². The molecule has 3 rings (SSSR count). The van der Waals surface area contributed by atoms with Crippen LogP contribution in [-0.2, 0) is 0 Å². The summed E-state index contributed by atoms with van der Waals surface area (Å²) >= 11 is 3.45. The molecule has 1 aliphatic heterocycles. The van der Waals surface area contributed by atoms with E-state index >= 15 is 0 Å². The van der Waals surface area contributed by atoms with Gasteiger partial charge in [0.05, 0.1) is 11.6 Å². The molecule has 1 atom stereocenters. The largest absolute Gasteiger partial charge is 0.495 e. The number of nitrogens with one attached hydrogen (secondary N) is 1. The molecule has 0 saturated carbocycles. The van der Waals surface area contributed by atoms with Crippen LogP contribution >= 0.6 is 15.9 Å². The molecule has 0 amide bonds. The van der Waals surface area contributed by atoms with Crippen molar-refractivity contribution in [3.8, 4) is 17.2 Å². The predicted octanol–water partition coefficient (Wildman–Crippen LogP) is 4.36. The van der Waals surface area contributed by atoms with Crippen LogP contribution in [0.3, 0.4) is 0 Å². The lowest BCUT2D eigenvalue weighted by atomic mass is 10.1. The molecule has 4 nitrogen and oxygen atoms in total. The van der Waals surface area contributed by atoms with Gasteiger partial charge in [-0.15, -0.1) is 0 Å². The van der Waals surface area contributed by atoms with Crippen LogP contribution < -0.4 is 19.5 Å². The number of rotatable bonds is 4. The van der Waals surface area contributed by atoms with Gasteiger partial charge in [0.15, 0.2) is 11.5 Å². The highest BCUT2D eigenvalue weighted by Gasteiger charge is 2.15. The second-order valence-corrected chi connectivity index (χ2v) is 5.68. The van der Waals surface area contributed by atoms with Crippen LogP contribution in [0.25, 0.3) is 0 Å². The van der Waals surface area contributed by atoms with Gasteiger partial charge in [-0.3, -0.25) is 0 Å². The third kappa shape index (κ3) is 2.93. The van der Waals surface area contributed by atoms with Gasteiger partial charge < -0.3 is 19.5 Å². The van der Waals surface area contributed by atoms with Crippen molar-refractivity contribution in [2.24, 2.45) is 0 Å². The maximum Gasteiger partial charge on any atom is 0.231 e. The first kappa shape index (κ1) is 14.1. The number of anilines is 1. The number of benzene rings is 2. The fourth-order valence-corrected chi connectivity index (χ4v) is 2.67. The summed E-state index contributed by atoms with van der Waals surface area (Å²) in [6, 6.07) is 12.1. The molecule has 110 valence electrons.